The van der Waals surface area contributed by atoms with Crippen LogP contribution in [-0.2, 0) is 6.54 Å². The van der Waals surface area contributed by atoms with E-state index in [1.165, 1.54) is 27.9 Å². The van der Waals surface area contributed by atoms with Gasteiger partial charge in [-0.3, -0.25) is 14.5 Å². The molecule has 0 N–H and O–H groups in total. The second kappa shape index (κ2) is 6.12. The first kappa shape index (κ1) is 16.5. The van der Waals surface area contributed by atoms with Crippen molar-refractivity contribution >= 4 is 22.1 Å². The van der Waals surface area contributed by atoms with Crippen LogP contribution in [0.4, 0.5) is 0 Å². The van der Waals surface area contributed by atoms with Crippen LogP contribution in [0.5, 0.6) is 0 Å². The Morgan fingerprint density at radius 2 is 1.39 bits per heavy atom. The van der Waals surface area contributed by atoms with E-state index >= 15 is 0 Å². The lowest BCUT2D eigenvalue weighted by atomic mass is 10.1. The van der Waals surface area contributed by atoms with Crippen LogP contribution in [0, 0.1) is 0 Å². The molecule has 0 bridgehead atoms. The largest absolute Gasteiger partial charge is 0.298 e. The minimum Gasteiger partial charge on any atom is -0.271 e. The number of pyridine rings is 2. The fourth-order valence-corrected chi connectivity index (χ4v) is 4.92. The van der Waals surface area contributed by atoms with Crippen LogP contribution in [0.1, 0.15) is 5.56 Å². The van der Waals surface area contributed by atoms with Crippen LogP contribution in [0.25, 0.3) is 44.8 Å². The summed E-state index contributed by atoms with van der Waals surface area (Å²) in [5, 5.41) is 1.20. The summed E-state index contributed by atoms with van der Waals surface area (Å²) in [5.74, 6) is 1.17. The van der Waals surface area contributed by atoms with E-state index in [1.807, 2.05) is 24.8 Å². The summed E-state index contributed by atoms with van der Waals surface area (Å²) in [5.41, 5.74) is 8.20. The molecule has 5 heterocycles. The average Bonchev–Trinajstić information content (AvgIpc) is 3.46. The van der Waals surface area contributed by atoms with E-state index in [9.17, 15) is 0 Å². The predicted octanol–water partition coefficient (Wildman–Crippen LogP) is 4.68. The number of nitrogens with zero attached hydrogens (tertiary/aromatic N) is 5. The van der Waals surface area contributed by atoms with Crippen molar-refractivity contribution < 1.29 is 4.57 Å². The van der Waals surface area contributed by atoms with Gasteiger partial charge in [-0.05, 0) is 36.4 Å². The number of aromatic nitrogens is 5. The zero-order valence-electron chi connectivity index (χ0n) is 16.7. The van der Waals surface area contributed by atoms with Crippen molar-refractivity contribution in [3.8, 4) is 22.8 Å². The van der Waals surface area contributed by atoms with Gasteiger partial charge in [0.05, 0.1) is 22.7 Å². The topological polar surface area (TPSA) is 39.5 Å². The first-order valence-corrected chi connectivity index (χ1v) is 10.4. The van der Waals surface area contributed by atoms with Gasteiger partial charge in [0.25, 0.3) is 11.5 Å². The van der Waals surface area contributed by atoms with E-state index in [-0.39, 0.29) is 0 Å². The Hall–Kier alpha value is -4.25. The molecule has 0 amide bonds. The second-order valence-electron chi connectivity index (χ2n) is 7.85. The molecule has 6 aromatic rings. The lowest BCUT2D eigenvalue weighted by molar-refractivity contribution is -0.645. The normalized spacial score (nSPS) is 12.4. The summed E-state index contributed by atoms with van der Waals surface area (Å²) in [6.45, 7) is 0.833. The van der Waals surface area contributed by atoms with Crippen molar-refractivity contribution in [2.24, 2.45) is 0 Å². The molecule has 5 heteroatoms. The number of imidazole rings is 1. The lowest BCUT2D eigenvalue weighted by Crippen LogP contribution is -2.31. The molecule has 146 valence electrons. The minimum atomic E-state index is 0.833. The Labute approximate surface area is 178 Å². The molecule has 0 saturated carbocycles. The molecule has 7 rings (SSSR count). The third-order valence-electron chi connectivity index (χ3n) is 6.18. The summed E-state index contributed by atoms with van der Waals surface area (Å²) in [6, 6.07) is 25.4. The highest BCUT2D eigenvalue weighted by Crippen LogP contribution is 2.38. The van der Waals surface area contributed by atoms with Crippen LogP contribution < -0.4 is 4.57 Å². The van der Waals surface area contributed by atoms with Gasteiger partial charge in [0, 0.05) is 29.8 Å². The quantitative estimate of drug-likeness (QED) is 0.395. The Bertz CT molecular complexity index is 1590. The predicted molar refractivity (Wildman–Crippen MR) is 120 cm³/mol. The third-order valence-corrected chi connectivity index (χ3v) is 6.18. The van der Waals surface area contributed by atoms with E-state index in [0.717, 1.165) is 29.1 Å². The fourth-order valence-electron chi connectivity index (χ4n) is 4.92. The van der Waals surface area contributed by atoms with Crippen LogP contribution >= 0.6 is 0 Å². The molecule has 0 fully saturated rings. The van der Waals surface area contributed by atoms with E-state index in [0.29, 0.717) is 0 Å². The Balaban J connectivity index is 1.74. The average molecular weight is 400 g/mol. The summed E-state index contributed by atoms with van der Waals surface area (Å²) >= 11 is 0. The van der Waals surface area contributed by atoms with Crippen LogP contribution in [-0.4, -0.2) is 19.1 Å². The zero-order valence-corrected chi connectivity index (χ0v) is 16.7. The number of hydrogen-bond donors (Lipinski definition) is 0. The highest BCUT2D eigenvalue weighted by atomic mass is 15.3. The van der Waals surface area contributed by atoms with Crippen molar-refractivity contribution in [2.75, 3.05) is 0 Å². The molecule has 0 spiro atoms. The smallest absolute Gasteiger partial charge is 0.271 e. The van der Waals surface area contributed by atoms with Gasteiger partial charge in [0.1, 0.15) is 12.2 Å². The molecule has 1 aliphatic heterocycles. The maximum atomic E-state index is 4.46. The molecule has 4 aromatic heterocycles. The highest BCUT2D eigenvalue weighted by molar-refractivity contribution is 6.05. The van der Waals surface area contributed by atoms with Gasteiger partial charge in [-0.2, -0.15) is 4.57 Å². The summed E-state index contributed by atoms with van der Waals surface area (Å²) in [6.07, 6.45) is 7.72. The fraction of sp³-hybridized carbons (Fsp3) is 0.0385. The van der Waals surface area contributed by atoms with Gasteiger partial charge in [-0.25, -0.2) is 4.57 Å². The highest BCUT2D eigenvalue weighted by Gasteiger charge is 2.38. The molecule has 5 nitrogen and oxygen atoms in total. The molecule has 1 aliphatic rings. The maximum absolute atomic E-state index is 4.46. The van der Waals surface area contributed by atoms with Crippen molar-refractivity contribution in [2.45, 2.75) is 6.54 Å². The molecule has 2 aromatic carbocycles. The Morgan fingerprint density at radius 3 is 2.16 bits per heavy atom. The molecule has 0 saturated heterocycles. The molecular weight excluding hydrogens is 382 g/mol. The van der Waals surface area contributed by atoms with Crippen LogP contribution in [0.15, 0.2) is 97.6 Å². The van der Waals surface area contributed by atoms with E-state index in [2.05, 4.69) is 96.5 Å². The monoisotopic (exact) mass is 400 g/mol. The number of hydrogen-bond acceptors (Lipinski definition) is 2. The molecule has 0 atom stereocenters. The summed E-state index contributed by atoms with van der Waals surface area (Å²) in [4.78, 5) is 8.90. The zero-order chi connectivity index (χ0) is 20.4. The standard InChI is InChI=1S/C26H18N5/c1-3-7-19(8-4-1)30-23-16-28-14-12-21(23)24-26(30)31(20-9-5-2-6-10-20)25-22-15-27-13-11-18(22)17-29(24)25/h1-16H,17H2/q+1. The first-order valence-electron chi connectivity index (χ1n) is 10.4. The molecule has 0 unspecified atom stereocenters. The van der Waals surface area contributed by atoms with Gasteiger partial charge in [-0.15, -0.1) is 0 Å². The van der Waals surface area contributed by atoms with Gasteiger partial charge in [0.15, 0.2) is 0 Å². The van der Waals surface area contributed by atoms with Crippen molar-refractivity contribution in [1.82, 2.24) is 19.1 Å². The lowest BCUT2D eigenvalue weighted by Gasteiger charge is -2.08. The van der Waals surface area contributed by atoms with Gasteiger partial charge in [0.2, 0.25) is 5.52 Å². The van der Waals surface area contributed by atoms with Gasteiger partial charge >= 0.3 is 0 Å². The van der Waals surface area contributed by atoms with Gasteiger partial charge < -0.3 is 0 Å². The minimum absolute atomic E-state index is 0.833. The first-order chi connectivity index (χ1) is 15.4. The number of fused-ring (bicyclic) bond motifs is 7. The van der Waals surface area contributed by atoms with E-state index in [4.69, 9.17) is 0 Å². The molecule has 31 heavy (non-hydrogen) atoms. The Morgan fingerprint density at radius 1 is 0.710 bits per heavy atom. The Kier molecular flexibility index (Phi) is 3.27. The summed E-state index contributed by atoms with van der Waals surface area (Å²) in [7, 11) is 0. The van der Waals surface area contributed by atoms with Crippen LogP contribution in [0.3, 0.4) is 0 Å². The second-order valence-corrected chi connectivity index (χ2v) is 7.85. The van der Waals surface area contributed by atoms with Crippen molar-refractivity contribution in [3.63, 3.8) is 0 Å². The molecule has 0 aliphatic carbocycles. The van der Waals surface area contributed by atoms with E-state index < -0.39 is 0 Å². The maximum Gasteiger partial charge on any atom is 0.298 e. The van der Waals surface area contributed by atoms with E-state index in [1.54, 1.807) is 0 Å². The van der Waals surface area contributed by atoms with Crippen molar-refractivity contribution in [1.29, 1.82) is 0 Å². The molecular formula is C26H18N5+. The number of benzene rings is 2. The third kappa shape index (κ3) is 2.17. The molecule has 0 radical (unpaired) electrons. The summed E-state index contributed by atoms with van der Waals surface area (Å²) < 4.78 is 7.12. The number of rotatable bonds is 2. The van der Waals surface area contributed by atoms with Gasteiger partial charge in [-0.1, -0.05) is 36.4 Å². The van der Waals surface area contributed by atoms with Crippen molar-refractivity contribution in [3.05, 3.63) is 103 Å². The number of para-hydroxylation sites is 2. The van der Waals surface area contributed by atoms with Crippen LogP contribution in [0.2, 0.25) is 0 Å². The SMILES string of the molecule is c1ccc(-n2c3[n+](c4c5ccncc5n(-c5ccccc5)c42)Cc2ccncc2-3)cc1.